The molecule has 0 fully saturated rings. The van der Waals surface area contributed by atoms with Gasteiger partial charge in [0.15, 0.2) is 0 Å². The van der Waals surface area contributed by atoms with E-state index in [9.17, 15) is 14.4 Å². The number of benzene rings is 6. The minimum atomic E-state index is -0.833. The van der Waals surface area contributed by atoms with E-state index < -0.39 is 5.97 Å². The van der Waals surface area contributed by atoms with Crippen molar-refractivity contribution in [3.05, 3.63) is 166 Å². The number of carboxylic acid groups (broad SMARTS) is 1. The number of nitrogen functional groups attached to an aromatic ring is 1. The number of aryl methyl sites for hydroxylation is 1. The van der Waals surface area contributed by atoms with Crippen molar-refractivity contribution in [1.82, 2.24) is 4.57 Å². The molecule has 5 aliphatic heterocycles. The predicted molar refractivity (Wildman–Crippen MR) is 287 cm³/mol. The van der Waals surface area contributed by atoms with Crippen molar-refractivity contribution in [3.63, 3.8) is 0 Å². The fourth-order valence-electron chi connectivity index (χ4n) is 9.96. The van der Waals surface area contributed by atoms with E-state index in [1.54, 1.807) is 11.0 Å². The van der Waals surface area contributed by atoms with Crippen LogP contribution in [0.2, 0.25) is 0 Å². The molecule has 14 nitrogen and oxygen atoms in total. The molecule has 0 saturated carbocycles. The zero-order valence-electron chi connectivity index (χ0n) is 41.7. The number of fused-ring (bicyclic) bond motifs is 6. The minimum absolute atomic E-state index is 0.0209. The molecular formula is C57H61N9O5. The van der Waals surface area contributed by atoms with Gasteiger partial charge in [0.25, 0.3) is 23.7 Å². The molecule has 6 heterocycles. The van der Waals surface area contributed by atoms with E-state index in [1.807, 2.05) is 91.4 Å². The monoisotopic (exact) mass is 951 g/mol. The third-order valence-corrected chi connectivity index (χ3v) is 14.0. The molecule has 14 heteroatoms. The fraction of sp³-hybridized carbons (Fsp3) is 0.263. The van der Waals surface area contributed by atoms with E-state index in [-0.39, 0.29) is 17.7 Å². The lowest BCUT2D eigenvalue weighted by atomic mass is 10.1. The van der Waals surface area contributed by atoms with E-state index in [0.29, 0.717) is 30.9 Å². The normalized spacial score (nSPS) is 14.8. The Kier molecular flexibility index (Phi) is 13.0. The number of rotatable bonds is 5. The number of anilines is 8. The molecule has 0 bridgehead atoms. The number of amides is 3. The van der Waals surface area contributed by atoms with Crippen LogP contribution in [0.4, 0.5) is 45.5 Å². The topological polar surface area (TPSA) is 142 Å². The molecule has 3 N–H and O–H groups in total. The van der Waals surface area contributed by atoms with Gasteiger partial charge in [-0.1, -0.05) is 18.2 Å². The van der Waals surface area contributed by atoms with Crippen LogP contribution in [-0.2, 0) is 44.3 Å². The molecule has 7 aromatic rings. The largest absolute Gasteiger partial charge is 0.481 e. The van der Waals surface area contributed by atoms with Crippen LogP contribution in [0.5, 0.6) is 0 Å². The predicted octanol–water partition coefficient (Wildman–Crippen LogP) is 8.82. The van der Waals surface area contributed by atoms with E-state index in [2.05, 4.69) is 107 Å². The SMILES string of the molecule is CC(=O)O.CN(C)c1ccc2c(c1)C(=O)N(c1ccc3c(c1)CCN3C)C2.CN(C)c1ccc2c(c1)C(=O)N(c1ccc3c(c1)CCN3C)C2.Cn1ccc2cc(N3Cc4ccc(N)cc4C3=O)ccc21. The molecular weight excluding hydrogens is 891 g/mol. The molecule has 0 atom stereocenters. The van der Waals surface area contributed by atoms with Gasteiger partial charge in [-0.25, -0.2) is 0 Å². The van der Waals surface area contributed by atoms with Crippen LogP contribution < -0.4 is 40.0 Å². The van der Waals surface area contributed by atoms with Gasteiger partial charge >= 0.3 is 0 Å². The second-order valence-electron chi connectivity index (χ2n) is 19.2. The van der Waals surface area contributed by atoms with Gasteiger partial charge in [0.05, 0.1) is 19.6 Å². The molecule has 0 radical (unpaired) electrons. The highest BCUT2D eigenvalue weighted by molar-refractivity contribution is 6.12. The molecule has 5 aliphatic rings. The van der Waals surface area contributed by atoms with E-state index in [1.165, 1.54) is 22.5 Å². The summed E-state index contributed by atoms with van der Waals surface area (Å²) in [4.78, 5) is 61.4. The van der Waals surface area contributed by atoms with E-state index in [0.717, 1.165) is 100 Å². The summed E-state index contributed by atoms with van der Waals surface area (Å²) in [6.45, 7) is 5.12. The van der Waals surface area contributed by atoms with Crippen molar-refractivity contribution >= 4 is 80.1 Å². The summed E-state index contributed by atoms with van der Waals surface area (Å²) in [5, 5.41) is 8.55. The highest BCUT2D eigenvalue weighted by Gasteiger charge is 2.32. The number of aromatic nitrogens is 1. The summed E-state index contributed by atoms with van der Waals surface area (Å²) in [6.07, 6.45) is 4.13. The van der Waals surface area contributed by atoms with Crippen molar-refractivity contribution in [2.75, 3.05) is 95.4 Å². The van der Waals surface area contributed by atoms with Crippen LogP contribution in [0.1, 0.15) is 65.8 Å². The van der Waals surface area contributed by atoms with Crippen molar-refractivity contribution < 1.29 is 24.3 Å². The maximum absolute atomic E-state index is 12.8. The number of hydrogen-bond acceptors (Lipinski definition) is 9. The molecule has 364 valence electrons. The molecule has 0 saturated heterocycles. The maximum Gasteiger partial charge on any atom is 0.300 e. The van der Waals surface area contributed by atoms with Gasteiger partial charge < -0.3 is 49.7 Å². The van der Waals surface area contributed by atoms with Crippen LogP contribution >= 0.6 is 0 Å². The van der Waals surface area contributed by atoms with Gasteiger partial charge in [0.2, 0.25) is 0 Å². The Morgan fingerprint density at radius 1 is 0.521 bits per heavy atom. The Balaban J connectivity index is 0.000000127. The fourth-order valence-corrected chi connectivity index (χ4v) is 9.96. The van der Waals surface area contributed by atoms with Gasteiger partial charge in [0, 0.05) is 149 Å². The lowest BCUT2D eigenvalue weighted by molar-refractivity contribution is -0.134. The molecule has 0 unspecified atom stereocenters. The Bertz CT molecular complexity index is 3110. The Morgan fingerprint density at radius 2 is 0.930 bits per heavy atom. The highest BCUT2D eigenvalue weighted by atomic mass is 16.4. The Labute approximate surface area is 415 Å². The first-order chi connectivity index (χ1) is 33.9. The van der Waals surface area contributed by atoms with Crippen LogP contribution in [0.15, 0.2) is 121 Å². The van der Waals surface area contributed by atoms with E-state index in [4.69, 9.17) is 15.6 Å². The van der Waals surface area contributed by atoms with Gasteiger partial charge in [0.1, 0.15) is 0 Å². The van der Waals surface area contributed by atoms with Gasteiger partial charge in [-0.3, -0.25) is 19.2 Å². The number of hydrogen-bond donors (Lipinski definition) is 2. The molecule has 6 aromatic carbocycles. The minimum Gasteiger partial charge on any atom is -0.481 e. The van der Waals surface area contributed by atoms with Crippen molar-refractivity contribution in [2.45, 2.75) is 39.4 Å². The third-order valence-electron chi connectivity index (χ3n) is 14.0. The van der Waals surface area contributed by atoms with Crippen molar-refractivity contribution in [1.29, 1.82) is 0 Å². The molecule has 0 spiro atoms. The van der Waals surface area contributed by atoms with Crippen LogP contribution in [0, 0.1) is 0 Å². The van der Waals surface area contributed by atoms with Crippen LogP contribution in [-0.4, -0.2) is 88.7 Å². The lowest BCUT2D eigenvalue weighted by Crippen LogP contribution is -2.23. The summed E-state index contributed by atoms with van der Waals surface area (Å²) in [5.74, 6) is -0.599. The first-order valence-corrected chi connectivity index (χ1v) is 23.8. The Hall–Kier alpha value is -8.26. The second-order valence-corrected chi connectivity index (χ2v) is 19.2. The van der Waals surface area contributed by atoms with Gasteiger partial charge in [-0.2, -0.15) is 0 Å². The summed E-state index contributed by atoms with van der Waals surface area (Å²) in [7, 11) is 14.2. The van der Waals surface area contributed by atoms with Gasteiger partial charge in [-0.15, -0.1) is 0 Å². The molecule has 3 amide bonds. The van der Waals surface area contributed by atoms with Crippen molar-refractivity contribution in [2.24, 2.45) is 7.05 Å². The zero-order valence-corrected chi connectivity index (χ0v) is 41.7. The number of carbonyl (C=O) groups is 4. The maximum atomic E-state index is 12.8. The summed E-state index contributed by atoms with van der Waals surface area (Å²) < 4.78 is 2.07. The lowest BCUT2D eigenvalue weighted by Gasteiger charge is -2.18. The van der Waals surface area contributed by atoms with Crippen LogP contribution in [0.3, 0.4) is 0 Å². The smallest absolute Gasteiger partial charge is 0.300 e. The summed E-state index contributed by atoms with van der Waals surface area (Å²) in [6, 6.07) is 38.8. The van der Waals surface area contributed by atoms with Crippen LogP contribution in [0.25, 0.3) is 10.9 Å². The third kappa shape index (κ3) is 9.44. The number of likely N-dealkylation sites (N-methyl/N-ethyl adjacent to an activating group) is 2. The molecule has 1 aromatic heterocycles. The number of carbonyl (C=O) groups excluding carboxylic acids is 3. The second kappa shape index (κ2) is 19.3. The zero-order chi connectivity index (χ0) is 50.4. The first kappa shape index (κ1) is 47.8. The quantitative estimate of drug-likeness (QED) is 0.161. The van der Waals surface area contributed by atoms with E-state index >= 15 is 0 Å². The molecule has 71 heavy (non-hydrogen) atoms. The summed E-state index contributed by atoms with van der Waals surface area (Å²) >= 11 is 0. The molecule has 12 rings (SSSR count). The molecule has 0 aliphatic carbocycles. The number of nitrogens with two attached hydrogens (primary N) is 1. The number of carboxylic acids is 1. The number of aliphatic carboxylic acids is 1. The average Bonchev–Trinajstić information content (AvgIpc) is 4.21. The Morgan fingerprint density at radius 3 is 1.38 bits per heavy atom. The first-order valence-electron chi connectivity index (χ1n) is 23.8. The van der Waals surface area contributed by atoms with Gasteiger partial charge in [-0.05, 0) is 138 Å². The summed E-state index contributed by atoms with van der Waals surface area (Å²) in [5.41, 5.74) is 23.5. The average molecular weight is 952 g/mol. The number of nitrogens with zero attached hydrogens (tertiary/aromatic N) is 8. The standard InChI is InChI=1S/2C19H21N3O.C17H15N3O.C2H4O2/c2*1-20(2)15-5-4-14-12-22(19(23)17(14)11-15)16-6-7-18-13(10-16)8-9-21(18)3;1-19-7-6-11-8-14(4-5-16(11)19)20-10-12-2-3-13(18)9-15(12)17(20)21;1-2(3)4/h2*4-7,10-11H,8-9,12H2,1-3H3;2-9H,10,18H2,1H3;1H3,(H,3,4). The highest BCUT2D eigenvalue weighted by Crippen LogP contribution is 2.38. The van der Waals surface area contributed by atoms with Crippen molar-refractivity contribution in [3.8, 4) is 0 Å².